The van der Waals surface area contributed by atoms with E-state index in [1.165, 1.54) is 31.6 Å². The summed E-state index contributed by atoms with van der Waals surface area (Å²) in [6.07, 6.45) is 6.07. The number of piperidine rings is 1. The number of nitrogens with zero attached hydrogens (tertiary/aromatic N) is 2. The van der Waals surface area contributed by atoms with E-state index >= 15 is 0 Å². The predicted octanol–water partition coefficient (Wildman–Crippen LogP) is 2.07. The molecule has 1 aromatic rings. The van der Waals surface area contributed by atoms with Gasteiger partial charge in [-0.05, 0) is 37.3 Å². The van der Waals surface area contributed by atoms with Crippen LogP contribution in [-0.4, -0.2) is 17.6 Å². The minimum atomic E-state index is 0.823. The van der Waals surface area contributed by atoms with Crippen molar-refractivity contribution in [2.24, 2.45) is 5.92 Å². The zero-order chi connectivity index (χ0) is 8.67. The van der Waals surface area contributed by atoms with Crippen molar-refractivity contribution in [1.82, 2.24) is 4.98 Å². The Kier molecular flexibility index (Phi) is 1.54. The summed E-state index contributed by atoms with van der Waals surface area (Å²) < 4.78 is 0. The summed E-state index contributed by atoms with van der Waals surface area (Å²) in [5, 5.41) is 0. The Hall–Kier alpha value is -1.05. The molecule has 68 valence electrons. The molecule has 13 heavy (non-hydrogen) atoms. The monoisotopic (exact) mass is 174 g/mol. The molecule has 0 spiro atoms. The third-order valence-corrected chi connectivity index (χ3v) is 3.20. The van der Waals surface area contributed by atoms with Crippen molar-refractivity contribution in [3.05, 3.63) is 24.4 Å². The Bertz CT molecular complexity index is 296. The van der Waals surface area contributed by atoms with E-state index in [-0.39, 0.29) is 0 Å². The molecule has 1 saturated heterocycles. The van der Waals surface area contributed by atoms with Crippen LogP contribution in [0.15, 0.2) is 24.4 Å². The molecule has 1 saturated carbocycles. The topological polar surface area (TPSA) is 16.1 Å². The molecular formula is C11H14N2. The molecular weight excluding hydrogens is 160 g/mol. The van der Waals surface area contributed by atoms with Crippen molar-refractivity contribution in [3.63, 3.8) is 0 Å². The van der Waals surface area contributed by atoms with Gasteiger partial charge in [-0.2, -0.15) is 0 Å². The van der Waals surface area contributed by atoms with Crippen LogP contribution in [0.3, 0.4) is 0 Å². The maximum absolute atomic E-state index is 4.41. The molecule has 3 rings (SSSR count). The third kappa shape index (κ3) is 1.21. The fourth-order valence-electron chi connectivity index (χ4n) is 2.42. The predicted molar refractivity (Wildman–Crippen MR) is 52.7 cm³/mol. The molecule has 2 nitrogen and oxygen atoms in total. The van der Waals surface area contributed by atoms with E-state index in [0.29, 0.717) is 0 Å². The van der Waals surface area contributed by atoms with Crippen LogP contribution in [0, 0.1) is 5.92 Å². The Morgan fingerprint density at radius 2 is 2.38 bits per heavy atom. The van der Waals surface area contributed by atoms with Crippen molar-refractivity contribution in [1.29, 1.82) is 0 Å². The maximum atomic E-state index is 4.41. The molecule has 1 aromatic heterocycles. The molecule has 1 aliphatic carbocycles. The van der Waals surface area contributed by atoms with Gasteiger partial charge in [-0.1, -0.05) is 6.07 Å². The van der Waals surface area contributed by atoms with Gasteiger partial charge in [0.2, 0.25) is 0 Å². The molecule has 0 bridgehead atoms. The van der Waals surface area contributed by atoms with Gasteiger partial charge in [-0.15, -0.1) is 0 Å². The first kappa shape index (κ1) is 7.36. The first-order valence-electron chi connectivity index (χ1n) is 5.13. The lowest BCUT2D eigenvalue weighted by Crippen LogP contribution is -2.32. The number of anilines is 1. The van der Waals surface area contributed by atoms with Gasteiger partial charge in [0.05, 0.1) is 0 Å². The normalized spacial score (nSPS) is 31.2. The highest BCUT2D eigenvalue weighted by Gasteiger charge is 2.44. The molecule has 2 heteroatoms. The van der Waals surface area contributed by atoms with Gasteiger partial charge in [-0.3, -0.25) is 0 Å². The maximum Gasteiger partial charge on any atom is 0.128 e. The highest BCUT2D eigenvalue weighted by Crippen LogP contribution is 2.44. The Morgan fingerprint density at radius 3 is 3.23 bits per heavy atom. The van der Waals surface area contributed by atoms with Crippen LogP contribution in [0.1, 0.15) is 19.3 Å². The van der Waals surface area contributed by atoms with Crippen LogP contribution < -0.4 is 4.90 Å². The lowest BCUT2D eigenvalue weighted by molar-refractivity contribution is 0.555. The summed E-state index contributed by atoms with van der Waals surface area (Å²) in [6.45, 7) is 1.21. The highest BCUT2D eigenvalue weighted by molar-refractivity contribution is 5.42. The summed E-state index contributed by atoms with van der Waals surface area (Å²) >= 11 is 0. The van der Waals surface area contributed by atoms with Crippen LogP contribution in [0.2, 0.25) is 0 Å². The van der Waals surface area contributed by atoms with Crippen molar-refractivity contribution in [3.8, 4) is 0 Å². The SMILES string of the molecule is c1ccc(N2CCC[C@@H]3C[C@@H]32)nc1. The second-order valence-electron chi connectivity index (χ2n) is 4.09. The zero-order valence-corrected chi connectivity index (χ0v) is 7.69. The van der Waals surface area contributed by atoms with Crippen molar-refractivity contribution in [2.45, 2.75) is 25.3 Å². The molecule has 2 aliphatic rings. The average molecular weight is 174 g/mol. The van der Waals surface area contributed by atoms with Crippen molar-refractivity contribution in [2.75, 3.05) is 11.4 Å². The summed E-state index contributed by atoms with van der Waals surface area (Å²) in [5.41, 5.74) is 0. The highest BCUT2D eigenvalue weighted by atomic mass is 15.2. The largest absolute Gasteiger partial charge is 0.353 e. The Balaban J connectivity index is 1.85. The van der Waals surface area contributed by atoms with Gasteiger partial charge in [-0.25, -0.2) is 4.98 Å². The lowest BCUT2D eigenvalue weighted by Gasteiger charge is -2.27. The molecule has 0 N–H and O–H groups in total. The van der Waals surface area contributed by atoms with Gasteiger partial charge in [0.15, 0.2) is 0 Å². The number of hydrogen-bond donors (Lipinski definition) is 0. The summed E-state index contributed by atoms with van der Waals surface area (Å²) in [7, 11) is 0. The van der Waals surface area contributed by atoms with Gasteiger partial charge in [0, 0.05) is 18.8 Å². The van der Waals surface area contributed by atoms with E-state index in [4.69, 9.17) is 0 Å². The molecule has 1 aliphatic heterocycles. The first-order chi connectivity index (χ1) is 6.45. The molecule has 0 aromatic carbocycles. The second kappa shape index (κ2) is 2.72. The van der Waals surface area contributed by atoms with Crippen molar-refractivity contribution >= 4 is 5.82 Å². The smallest absolute Gasteiger partial charge is 0.128 e. The Morgan fingerprint density at radius 1 is 1.38 bits per heavy atom. The van der Waals surface area contributed by atoms with E-state index in [1.54, 1.807) is 0 Å². The van der Waals surface area contributed by atoms with Gasteiger partial charge in [0.1, 0.15) is 5.82 Å². The standard InChI is InChI=1S/C11H14N2/c1-2-6-12-11(5-1)13-7-3-4-9-8-10(9)13/h1-2,5-6,9-10H,3-4,7-8H2/t9-,10+/m1/s1. The molecule has 2 atom stereocenters. The van der Waals surface area contributed by atoms with Crippen LogP contribution in [0.5, 0.6) is 0 Å². The fourth-order valence-corrected chi connectivity index (χ4v) is 2.42. The number of aromatic nitrogens is 1. The van der Waals surface area contributed by atoms with E-state index in [1.807, 2.05) is 12.3 Å². The van der Waals surface area contributed by atoms with E-state index in [9.17, 15) is 0 Å². The minimum Gasteiger partial charge on any atom is -0.353 e. The molecule has 2 heterocycles. The molecule has 0 amide bonds. The summed E-state index contributed by atoms with van der Waals surface area (Å²) in [5.74, 6) is 2.16. The van der Waals surface area contributed by atoms with Gasteiger partial charge < -0.3 is 4.90 Å². The van der Waals surface area contributed by atoms with Crippen LogP contribution in [0.4, 0.5) is 5.82 Å². The molecule has 0 unspecified atom stereocenters. The fraction of sp³-hybridized carbons (Fsp3) is 0.545. The first-order valence-corrected chi connectivity index (χ1v) is 5.13. The van der Waals surface area contributed by atoms with Crippen molar-refractivity contribution < 1.29 is 0 Å². The van der Waals surface area contributed by atoms with Crippen LogP contribution in [-0.2, 0) is 0 Å². The second-order valence-corrected chi connectivity index (χ2v) is 4.09. The summed E-state index contributed by atoms with van der Waals surface area (Å²) in [6, 6.07) is 7.01. The zero-order valence-electron chi connectivity index (χ0n) is 7.69. The Labute approximate surface area is 78.6 Å². The van der Waals surface area contributed by atoms with Crippen LogP contribution >= 0.6 is 0 Å². The van der Waals surface area contributed by atoms with E-state index in [2.05, 4.69) is 22.0 Å². The van der Waals surface area contributed by atoms with Crippen LogP contribution in [0.25, 0.3) is 0 Å². The minimum absolute atomic E-state index is 0.823. The quantitative estimate of drug-likeness (QED) is 0.648. The lowest BCUT2D eigenvalue weighted by atomic mass is 10.1. The number of pyridine rings is 1. The molecule has 0 radical (unpaired) electrons. The van der Waals surface area contributed by atoms with Gasteiger partial charge >= 0.3 is 0 Å². The van der Waals surface area contributed by atoms with E-state index < -0.39 is 0 Å². The van der Waals surface area contributed by atoms with Gasteiger partial charge in [0.25, 0.3) is 0 Å². The third-order valence-electron chi connectivity index (χ3n) is 3.20. The number of fused-ring (bicyclic) bond motifs is 1. The number of rotatable bonds is 1. The molecule has 2 fully saturated rings. The number of hydrogen-bond acceptors (Lipinski definition) is 2. The summed E-state index contributed by atoms with van der Waals surface area (Å²) in [4.78, 5) is 6.89. The van der Waals surface area contributed by atoms with E-state index in [0.717, 1.165) is 12.0 Å². The average Bonchev–Trinajstić information content (AvgIpc) is 2.97.